The summed E-state index contributed by atoms with van der Waals surface area (Å²) in [5, 5.41) is 4.05. The summed E-state index contributed by atoms with van der Waals surface area (Å²) in [5.74, 6) is 1.72. The molecule has 2 aliphatic heterocycles. The zero-order valence-electron chi connectivity index (χ0n) is 19.4. The molecule has 0 spiro atoms. The minimum absolute atomic E-state index is 0.00680. The van der Waals surface area contributed by atoms with E-state index in [-0.39, 0.29) is 12.0 Å². The largest absolute Gasteiger partial charge is 0.474 e. The lowest BCUT2D eigenvalue weighted by molar-refractivity contribution is 0.160. The van der Waals surface area contributed by atoms with Crippen molar-refractivity contribution in [1.29, 1.82) is 0 Å². The van der Waals surface area contributed by atoms with E-state index in [1.807, 2.05) is 18.7 Å². The summed E-state index contributed by atoms with van der Waals surface area (Å²) in [6.07, 6.45) is 5.25. The van der Waals surface area contributed by atoms with Crippen LogP contribution in [-0.4, -0.2) is 56.3 Å². The highest BCUT2D eigenvalue weighted by Crippen LogP contribution is 2.38. The second-order valence-electron chi connectivity index (χ2n) is 8.84. The van der Waals surface area contributed by atoms with Crippen LogP contribution in [0.25, 0.3) is 0 Å². The van der Waals surface area contributed by atoms with Gasteiger partial charge in [-0.15, -0.1) is 0 Å². The van der Waals surface area contributed by atoms with Crippen molar-refractivity contribution in [2.24, 2.45) is 0 Å². The van der Waals surface area contributed by atoms with Gasteiger partial charge in [-0.3, -0.25) is 4.21 Å². The van der Waals surface area contributed by atoms with E-state index in [0.717, 1.165) is 31.5 Å². The third kappa shape index (κ3) is 4.36. The lowest BCUT2D eigenvalue weighted by atomic mass is 10.1. The number of anilines is 3. The van der Waals surface area contributed by atoms with Crippen molar-refractivity contribution in [3.63, 3.8) is 0 Å². The fraction of sp³-hybridized carbons (Fsp3) is 0.478. The van der Waals surface area contributed by atoms with Crippen LogP contribution in [0.4, 0.5) is 21.9 Å². The quantitative estimate of drug-likeness (QED) is 0.518. The summed E-state index contributed by atoms with van der Waals surface area (Å²) in [5.41, 5.74) is 1.29. The minimum Gasteiger partial charge on any atom is -0.474 e. The van der Waals surface area contributed by atoms with E-state index in [1.165, 1.54) is 18.6 Å². The monoisotopic (exact) mass is 486 g/mol. The number of benzene rings is 1. The molecule has 1 fully saturated rings. The van der Waals surface area contributed by atoms with Gasteiger partial charge in [0.25, 0.3) is 0 Å². The molecule has 0 bridgehead atoms. The molecule has 1 saturated heterocycles. The molecule has 180 valence electrons. The van der Waals surface area contributed by atoms with Crippen molar-refractivity contribution in [1.82, 2.24) is 20.1 Å². The van der Waals surface area contributed by atoms with Crippen molar-refractivity contribution in [2.45, 2.75) is 50.0 Å². The Labute approximate surface area is 199 Å². The Morgan fingerprint density at radius 2 is 2.00 bits per heavy atom. The summed E-state index contributed by atoms with van der Waals surface area (Å²) >= 11 is 0. The molecule has 5 rings (SSSR count). The van der Waals surface area contributed by atoms with E-state index in [0.29, 0.717) is 47.1 Å². The number of ether oxygens (including phenoxy) is 1. The molecule has 1 atom stereocenters. The topological polar surface area (TPSA) is 97.5 Å². The zero-order chi connectivity index (χ0) is 23.8. The Morgan fingerprint density at radius 3 is 2.68 bits per heavy atom. The molecule has 3 aromatic rings. The predicted molar refractivity (Wildman–Crippen MR) is 126 cm³/mol. The molecule has 0 radical (unpaired) electrons. The molecule has 0 N–H and O–H groups in total. The molecule has 34 heavy (non-hydrogen) atoms. The lowest BCUT2D eigenvalue weighted by Gasteiger charge is -2.30. The average Bonchev–Trinajstić information content (AvgIpc) is 3.48. The number of hydrogen-bond donors (Lipinski definition) is 0. The maximum absolute atomic E-state index is 14.8. The second kappa shape index (κ2) is 9.28. The van der Waals surface area contributed by atoms with Gasteiger partial charge in [-0.1, -0.05) is 19.0 Å². The molecule has 9 nitrogen and oxygen atoms in total. The second-order valence-corrected chi connectivity index (χ2v) is 10.2. The summed E-state index contributed by atoms with van der Waals surface area (Å²) in [6, 6.07) is 5.22. The van der Waals surface area contributed by atoms with E-state index in [9.17, 15) is 8.60 Å². The van der Waals surface area contributed by atoms with Gasteiger partial charge in [-0.05, 0) is 24.6 Å². The van der Waals surface area contributed by atoms with Gasteiger partial charge in [-0.25, -0.2) is 14.4 Å². The third-order valence-corrected chi connectivity index (χ3v) is 7.12. The van der Waals surface area contributed by atoms with Crippen molar-refractivity contribution in [3.8, 4) is 5.88 Å². The Bertz CT molecular complexity index is 1210. The molecular formula is C23H27FN6O3S. The molecule has 1 aromatic carbocycles. The predicted octanol–water partition coefficient (Wildman–Crippen LogP) is 3.60. The summed E-state index contributed by atoms with van der Waals surface area (Å²) in [7, 11) is -1.24. The van der Waals surface area contributed by atoms with Crippen LogP contribution in [-0.2, 0) is 17.2 Å². The van der Waals surface area contributed by atoms with Gasteiger partial charge in [0, 0.05) is 60.3 Å². The summed E-state index contributed by atoms with van der Waals surface area (Å²) in [4.78, 5) is 17.6. The van der Waals surface area contributed by atoms with Crippen LogP contribution in [0.15, 0.2) is 33.9 Å². The number of rotatable bonds is 6. The molecule has 0 aliphatic carbocycles. The maximum atomic E-state index is 14.8. The highest BCUT2D eigenvalue weighted by Gasteiger charge is 2.30. The van der Waals surface area contributed by atoms with Gasteiger partial charge >= 0.3 is 6.01 Å². The Hall–Kier alpha value is -3.08. The maximum Gasteiger partial charge on any atom is 0.324 e. The van der Waals surface area contributed by atoms with Gasteiger partial charge in [0.15, 0.2) is 5.82 Å². The average molecular weight is 487 g/mol. The number of piperidine rings is 1. The van der Waals surface area contributed by atoms with Crippen molar-refractivity contribution >= 4 is 28.3 Å². The van der Waals surface area contributed by atoms with Crippen LogP contribution in [0.1, 0.15) is 44.0 Å². The molecule has 2 aromatic heterocycles. The van der Waals surface area contributed by atoms with Crippen molar-refractivity contribution in [3.05, 3.63) is 41.7 Å². The molecule has 4 heterocycles. The highest BCUT2D eigenvalue weighted by molar-refractivity contribution is 7.84. The van der Waals surface area contributed by atoms with Crippen LogP contribution in [0, 0.1) is 5.82 Å². The highest BCUT2D eigenvalue weighted by atomic mass is 32.2. The minimum atomic E-state index is -1.24. The first-order valence-corrected chi connectivity index (χ1v) is 13.0. The molecular weight excluding hydrogens is 459 g/mol. The molecule has 11 heteroatoms. The standard InChI is InChI=1S/C23H27FN6O3S/c1-14(2)20-27-23(33-28-20)29-9-6-15(7-10-29)32-22-17-8-11-30(21(17)25-13-26-22)19-5-4-16(34(3)31)12-18(19)24/h4-5,12-15H,6-11H2,1-3H3/t34-/m0/s1. The van der Waals surface area contributed by atoms with Crippen LogP contribution < -0.4 is 14.5 Å². The molecule has 0 saturated carbocycles. The normalized spacial score (nSPS) is 17.3. The zero-order valence-corrected chi connectivity index (χ0v) is 20.2. The van der Waals surface area contributed by atoms with E-state index in [1.54, 1.807) is 12.1 Å². The van der Waals surface area contributed by atoms with Crippen LogP contribution in [0.3, 0.4) is 0 Å². The van der Waals surface area contributed by atoms with E-state index >= 15 is 0 Å². The Kier molecular flexibility index (Phi) is 6.20. The van der Waals surface area contributed by atoms with Crippen molar-refractivity contribution < 1.29 is 17.9 Å². The van der Waals surface area contributed by atoms with E-state index in [2.05, 4.69) is 25.0 Å². The molecule has 2 aliphatic rings. The van der Waals surface area contributed by atoms with Gasteiger partial charge in [0.05, 0.1) is 11.3 Å². The van der Waals surface area contributed by atoms with Gasteiger partial charge in [-0.2, -0.15) is 4.98 Å². The first-order chi connectivity index (χ1) is 16.4. The molecule has 0 unspecified atom stereocenters. The lowest BCUT2D eigenvalue weighted by Crippen LogP contribution is -2.38. The summed E-state index contributed by atoms with van der Waals surface area (Å²) in [6.45, 7) is 6.14. The SMILES string of the molecule is CC(C)c1noc(N2CCC(Oc3ncnc4c3CCN4c3ccc([S@](C)=O)cc3F)CC2)n1. The van der Waals surface area contributed by atoms with Gasteiger partial charge in [0.1, 0.15) is 24.1 Å². The first kappa shape index (κ1) is 22.7. The number of fused-ring (bicyclic) bond motifs is 1. The van der Waals surface area contributed by atoms with Crippen LogP contribution >= 0.6 is 0 Å². The fourth-order valence-corrected chi connectivity index (χ4v) is 4.83. The number of halogens is 1. The van der Waals surface area contributed by atoms with Crippen molar-refractivity contribution in [2.75, 3.05) is 35.7 Å². The van der Waals surface area contributed by atoms with E-state index in [4.69, 9.17) is 9.26 Å². The number of hydrogen-bond acceptors (Lipinski definition) is 9. The Morgan fingerprint density at radius 1 is 1.21 bits per heavy atom. The Balaban J connectivity index is 1.27. The first-order valence-electron chi connectivity index (χ1n) is 11.4. The van der Waals surface area contributed by atoms with Crippen LogP contribution in [0.2, 0.25) is 0 Å². The van der Waals surface area contributed by atoms with Crippen LogP contribution in [0.5, 0.6) is 5.88 Å². The molecule has 0 amide bonds. The fourth-order valence-electron chi connectivity index (χ4n) is 4.30. The number of nitrogens with zero attached hydrogens (tertiary/aromatic N) is 6. The third-order valence-electron chi connectivity index (χ3n) is 6.20. The van der Waals surface area contributed by atoms with Gasteiger partial charge in [0.2, 0.25) is 5.88 Å². The van der Waals surface area contributed by atoms with E-state index < -0.39 is 16.6 Å². The van der Waals surface area contributed by atoms with Gasteiger partial charge < -0.3 is 19.1 Å². The number of aromatic nitrogens is 4. The smallest absolute Gasteiger partial charge is 0.324 e. The summed E-state index contributed by atoms with van der Waals surface area (Å²) < 4.78 is 38.1.